The quantitative estimate of drug-likeness (QED) is 0.550. The van der Waals surface area contributed by atoms with Gasteiger partial charge < -0.3 is 15.0 Å². The third-order valence-corrected chi connectivity index (χ3v) is 6.23. The number of carbonyl (C=O) groups excluding carboxylic acids is 2. The van der Waals surface area contributed by atoms with E-state index < -0.39 is 6.10 Å². The Morgan fingerprint density at radius 2 is 1.65 bits per heavy atom. The van der Waals surface area contributed by atoms with Crippen LogP contribution >= 0.6 is 0 Å². The molecule has 0 aliphatic carbocycles. The van der Waals surface area contributed by atoms with Crippen molar-refractivity contribution in [2.24, 2.45) is 5.92 Å². The van der Waals surface area contributed by atoms with Gasteiger partial charge in [-0.3, -0.25) is 9.59 Å². The zero-order valence-corrected chi connectivity index (χ0v) is 20.0. The van der Waals surface area contributed by atoms with Crippen molar-refractivity contribution in [1.29, 1.82) is 0 Å². The minimum Gasteiger partial charge on any atom is -0.481 e. The number of hydrogen-bond donors (Lipinski definition) is 1. The summed E-state index contributed by atoms with van der Waals surface area (Å²) in [5.74, 6) is 0.513. The van der Waals surface area contributed by atoms with E-state index >= 15 is 0 Å². The smallest absolute Gasteiger partial charge is 0.261 e. The average molecular weight is 457 g/mol. The van der Waals surface area contributed by atoms with Crippen LogP contribution in [0.5, 0.6) is 5.75 Å². The summed E-state index contributed by atoms with van der Waals surface area (Å²) in [4.78, 5) is 27.7. The average Bonchev–Trinajstić information content (AvgIpc) is 2.87. The summed E-state index contributed by atoms with van der Waals surface area (Å²) >= 11 is 0. The molecule has 2 unspecified atom stereocenters. The van der Waals surface area contributed by atoms with Crippen LogP contribution in [0, 0.1) is 5.92 Å². The highest BCUT2D eigenvalue weighted by Crippen LogP contribution is 2.38. The number of hydrogen-bond acceptors (Lipinski definition) is 3. The molecule has 0 saturated carbocycles. The molecule has 1 aliphatic rings. The van der Waals surface area contributed by atoms with Crippen molar-refractivity contribution >= 4 is 11.8 Å². The molecule has 1 heterocycles. The molecular weight excluding hydrogens is 424 g/mol. The van der Waals surface area contributed by atoms with Crippen molar-refractivity contribution in [3.63, 3.8) is 0 Å². The van der Waals surface area contributed by atoms with Gasteiger partial charge in [-0.2, -0.15) is 0 Å². The summed E-state index contributed by atoms with van der Waals surface area (Å²) in [6, 6.07) is 25.7. The first-order valence-corrected chi connectivity index (χ1v) is 11.9. The predicted octanol–water partition coefficient (Wildman–Crippen LogP) is 4.90. The van der Waals surface area contributed by atoms with Gasteiger partial charge >= 0.3 is 0 Å². The van der Waals surface area contributed by atoms with Crippen molar-refractivity contribution in [1.82, 2.24) is 10.2 Å². The number of ether oxygens (including phenoxy) is 1. The summed E-state index contributed by atoms with van der Waals surface area (Å²) in [5.41, 5.74) is 4.37. The molecule has 0 saturated heterocycles. The molecule has 2 amide bonds. The van der Waals surface area contributed by atoms with Gasteiger partial charge in [0, 0.05) is 19.0 Å². The molecule has 5 heteroatoms. The van der Waals surface area contributed by atoms with Crippen LogP contribution < -0.4 is 10.1 Å². The van der Waals surface area contributed by atoms with Gasteiger partial charge in [0.2, 0.25) is 5.91 Å². The Morgan fingerprint density at radius 1 is 0.971 bits per heavy atom. The van der Waals surface area contributed by atoms with E-state index in [9.17, 15) is 9.59 Å². The van der Waals surface area contributed by atoms with Crippen LogP contribution in [0.1, 0.15) is 49.1 Å². The molecule has 1 aliphatic heterocycles. The van der Waals surface area contributed by atoms with Gasteiger partial charge in [-0.15, -0.1) is 0 Å². The van der Waals surface area contributed by atoms with Gasteiger partial charge in [-0.25, -0.2) is 0 Å². The molecule has 176 valence electrons. The Balaban J connectivity index is 1.55. The molecule has 4 rings (SSSR count). The number of benzene rings is 3. The molecule has 0 spiro atoms. The first kappa shape index (κ1) is 23.6. The van der Waals surface area contributed by atoms with Crippen molar-refractivity contribution in [3.05, 3.63) is 101 Å². The predicted molar refractivity (Wildman–Crippen MR) is 133 cm³/mol. The third kappa shape index (κ3) is 5.30. The standard InChI is InChI=1S/C29H32N2O3/c1-20(2)29(33)31-17-16-23-14-15-25(18-26(23)27(31)24-12-8-5-9-13-24)34-21(3)28(32)30-19-22-10-6-4-7-11-22/h4-15,18,20-21,27H,16-17,19H2,1-3H3,(H,30,32). The maximum atomic E-state index is 13.1. The highest BCUT2D eigenvalue weighted by Gasteiger charge is 2.33. The molecule has 0 fully saturated rings. The summed E-state index contributed by atoms with van der Waals surface area (Å²) in [5, 5.41) is 2.93. The molecule has 2 atom stereocenters. The minimum absolute atomic E-state index is 0.0828. The van der Waals surface area contributed by atoms with Crippen LogP contribution in [-0.4, -0.2) is 29.4 Å². The van der Waals surface area contributed by atoms with Crippen molar-refractivity contribution in [3.8, 4) is 5.75 Å². The molecule has 3 aromatic carbocycles. The molecule has 0 bridgehead atoms. The van der Waals surface area contributed by atoms with Crippen molar-refractivity contribution in [2.45, 2.75) is 45.9 Å². The molecule has 0 aromatic heterocycles. The molecule has 3 aromatic rings. The molecule has 34 heavy (non-hydrogen) atoms. The number of carbonyl (C=O) groups is 2. The lowest BCUT2D eigenvalue weighted by Gasteiger charge is -2.39. The Labute approximate surface area is 201 Å². The normalized spacial score (nSPS) is 16.0. The van der Waals surface area contributed by atoms with Crippen LogP contribution in [0.25, 0.3) is 0 Å². The van der Waals surface area contributed by atoms with E-state index in [0.29, 0.717) is 18.8 Å². The molecule has 5 nitrogen and oxygen atoms in total. The summed E-state index contributed by atoms with van der Waals surface area (Å²) in [7, 11) is 0. The number of rotatable bonds is 7. The summed E-state index contributed by atoms with van der Waals surface area (Å²) in [6.45, 7) is 6.77. The number of nitrogens with one attached hydrogen (secondary N) is 1. The van der Waals surface area contributed by atoms with Crippen LogP contribution in [0.15, 0.2) is 78.9 Å². The van der Waals surface area contributed by atoms with E-state index in [4.69, 9.17) is 4.74 Å². The van der Waals surface area contributed by atoms with Gasteiger partial charge in [-0.05, 0) is 47.7 Å². The fourth-order valence-electron chi connectivity index (χ4n) is 4.42. The zero-order chi connectivity index (χ0) is 24.1. The molecule has 1 N–H and O–H groups in total. The van der Waals surface area contributed by atoms with Gasteiger partial charge in [0.15, 0.2) is 6.10 Å². The van der Waals surface area contributed by atoms with Crippen LogP contribution in [0.3, 0.4) is 0 Å². The monoisotopic (exact) mass is 456 g/mol. The first-order chi connectivity index (χ1) is 16.4. The lowest BCUT2D eigenvalue weighted by molar-refractivity contribution is -0.136. The lowest BCUT2D eigenvalue weighted by Crippen LogP contribution is -2.42. The SMILES string of the molecule is CC(C)C(=O)N1CCc2ccc(OC(C)C(=O)NCc3ccccc3)cc2C1c1ccccc1. The number of fused-ring (bicyclic) bond motifs is 1. The second kappa shape index (κ2) is 10.6. The highest BCUT2D eigenvalue weighted by molar-refractivity contribution is 5.81. The van der Waals surface area contributed by atoms with Crippen molar-refractivity contribution in [2.75, 3.05) is 6.54 Å². The van der Waals surface area contributed by atoms with Crippen LogP contribution in [0.2, 0.25) is 0 Å². The molecule has 0 radical (unpaired) electrons. The van der Waals surface area contributed by atoms with Gasteiger partial charge in [0.05, 0.1) is 6.04 Å². The maximum Gasteiger partial charge on any atom is 0.261 e. The van der Waals surface area contributed by atoms with E-state index in [1.807, 2.05) is 79.4 Å². The Morgan fingerprint density at radius 3 is 2.32 bits per heavy atom. The number of amides is 2. The van der Waals surface area contributed by atoms with E-state index in [1.165, 1.54) is 5.56 Å². The van der Waals surface area contributed by atoms with E-state index in [2.05, 4.69) is 23.5 Å². The minimum atomic E-state index is -0.645. The second-order valence-corrected chi connectivity index (χ2v) is 9.07. The van der Waals surface area contributed by atoms with E-state index in [-0.39, 0.29) is 23.8 Å². The third-order valence-electron chi connectivity index (χ3n) is 6.23. The fourth-order valence-corrected chi connectivity index (χ4v) is 4.42. The van der Waals surface area contributed by atoms with Gasteiger partial charge in [0.1, 0.15) is 5.75 Å². The van der Waals surface area contributed by atoms with Gasteiger partial charge in [-0.1, -0.05) is 80.6 Å². The summed E-state index contributed by atoms with van der Waals surface area (Å²) in [6.07, 6.45) is 0.152. The van der Waals surface area contributed by atoms with E-state index in [1.54, 1.807) is 6.92 Å². The van der Waals surface area contributed by atoms with Gasteiger partial charge in [0.25, 0.3) is 5.91 Å². The van der Waals surface area contributed by atoms with Crippen LogP contribution in [0.4, 0.5) is 0 Å². The lowest BCUT2D eigenvalue weighted by atomic mass is 9.87. The largest absolute Gasteiger partial charge is 0.481 e. The maximum absolute atomic E-state index is 13.1. The zero-order valence-electron chi connectivity index (χ0n) is 20.0. The molecular formula is C29H32N2O3. The van der Waals surface area contributed by atoms with E-state index in [0.717, 1.165) is 23.1 Å². The van der Waals surface area contributed by atoms with Crippen molar-refractivity contribution < 1.29 is 14.3 Å². The van der Waals surface area contributed by atoms with Crippen LogP contribution in [-0.2, 0) is 22.6 Å². The fraction of sp³-hybridized carbons (Fsp3) is 0.310. The number of nitrogens with zero attached hydrogens (tertiary/aromatic N) is 1. The first-order valence-electron chi connectivity index (χ1n) is 11.9. The Bertz CT molecular complexity index is 1130. The Kier molecular flexibility index (Phi) is 7.31. The highest BCUT2D eigenvalue weighted by atomic mass is 16.5. The Hall–Kier alpha value is -3.60. The summed E-state index contributed by atoms with van der Waals surface area (Å²) < 4.78 is 6.04. The topological polar surface area (TPSA) is 58.6 Å². The second-order valence-electron chi connectivity index (χ2n) is 9.07.